The summed E-state index contributed by atoms with van der Waals surface area (Å²) in [5.74, 6) is -0.471. The van der Waals surface area contributed by atoms with Gasteiger partial charge in [0.15, 0.2) is 5.82 Å². The van der Waals surface area contributed by atoms with Gasteiger partial charge < -0.3 is 33.8 Å². The van der Waals surface area contributed by atoms with E-state index in [0.29, 0.717) is 50.5 Å². The van der Waals surface area contributed by atoms with Crippen molar-refractivity contribution in [3.05, 3.63) is 122 Å². The normalized spacial score (nSPS) is 14.6. The molecule has 8 aromatic rings. The van der Waals surface area contributed by atoms with Crippen LogP contribution in [0.1, 0.15) is 41.5 Å². The third-order valence-electron chi connectivity index (χ3n) is 12.5. The summed E-state index contributed by atoms with van der Waals surface area (Å²) < 4.78 is 54.0. The molecule has 20 heteroatoms. The van der Waals surface area contributed by atoms with E-state index in [0.717, 1.165) is 100 Å². The monoisotopic (exact) mass is 1040 g/mol. The SMILES string of the molecule is CC(C)(C)OC(=O)N(C(=O)OC(C)(C)C)c1ncc(-c2cn(CCN3CCOCC3)cn2)c2ccc(-c3cccc(F)c3)nc12.Nc1ncc(-c2cn(CCN3CCOCC3)cn2)c2ccc(-c3cccc(F)c3)nc12. The van der Waals surface area contributed by atoms with E-state index < -0.39 is 29.2 Å². The van der Waals surface area contributed by atoms with Crippen LogP contribution in [0.15, 0.2) is 110 Å². The van der Waals surface area contributed by atoms with Crippen LogP contribution in [0, 0.1) is 11.6 Å². The Labute approximate surface area is 439 Å². The molecule has 2 aliphatic rings. The third-order valence-corrected chi connectivity index (χ3v) is 12.5. The van der Waals surface area contributed by atoms with Crippen LogP contribution in [-0.4, -0.2) is 138 Å². The van der Waals surface area contributed by atoms with Crippen LogP contribution in [0.2, 0.25) is 0 Å². The second kappa shape index (κ2) is 23.0. The van der Waals surface area contributed by atoms with Crippen molar-refractivity contribution >= 4 is 45.6 Å². The molecule has 2 saturated heterocycles. The number of carbonyl (C=O) groups is 2. The molecule has 76 heavy (non-hydrogen) atoms. The average Bonchev–Trinajstić information content (AvgIpc) is 4.10. The molecule has 2 N–H and O–H groups in total. The van der Waals surface area contributed by atoms with Crippen molar-refractivity contribution < 1.29 is 37.3 Å². The number of aromatic nitrogens is 8. The van der Waals surface area contributed by atoms with E-state index in [2.05, 4.69) is 39.3 Å². The van der Waals surface area contributed by atoms with Gasteiger partial charge in [0, 0.05) is 110 Å². The number of nitrogens with two attached hydrogens (primary N) is 1. The number of carbonyl (C=O) groups excluding carboxylic acids is 2. The third kappa shape index (κ3) is 13.2. The Kier molecular flexibility index (Phi) is 16.1. The van der Waals surface area contributed by atoms with Gasteiger partial charge in [0.05, 0.1) is 61.9 Å². The van der Waals surface area contributed by atoms with E-state index in [1.54, 1.807) is 90.6 Å². The standard InChI is InChI=1S/C33H39FN6O5.C23H23FN6O/c1-32(2,3)44-30(41)40(31(42)45-33(4,5)6)29-28-24(10-11-26(37-28)22-8-7-9-23(34)18-22)25(19-35-29)27-20-39(21-36-27)13-12-38-14-16-43-17-15-38;24-17-3-1-2-16(12-17)20-5-4-18-19(13-26-23(25)22(18)28-20)21-14-30(15-27-21)7-6-29-8-10-31-11-9-29/h7-11,18-21H,12-17H2,1-6H3;1-5,12-15H,6-11H2,(H2,25,26). The van der Waals surface area contributed by atoms with Crippen LogP contribution in [0.25, 0.3) is 66.8 Å². The highest BCUT2D eigenvalue weighted by atomic mass is 19.1. The Morgan fingerprint density at radius 1 is 0.592 bits per heavy atom. The number of imide groups is 1. The number of pyridine rings is 4. The van der Waals surface area contributed by atoms with Gasteiger partial charge in [0.25, 0.3) is 0 Å². The summed E-state index contributed by atoms with van der Waals surface area (Å²) in [4.78, 5) is 60.2. The summed E-state index contributed by atoms with van der Waals surface area (Å²) in [5.41, 5.74) is 10.3. The maximum Gasteiger partial charge on any atom is 0.425 e. The molecule has 6 aromatic heterocycles. The lowest BCUT2D eigenvalue weighted by atomic mass is 10.1. The number of hydrogen-bond donors (Lipinski definition) is 1. The fourth-order valence-electron chi connectivity index (χ4n) is 8.70. The number of imidazole rings is 2. The van der Waals surface area contributed by atoms with Gasteiger partial charge in [-0.15, -0.1) is 0 Å². The van der Waals surface area contributed by atoms with E-state index in [1.807, 2.05) is 41.5 Å². The van der Waals surface area contributed by atoms with Crippen molar-refractivity contribution in [3.63, 3.8) is 0 Å². The lowest BCUT2D eigenvalue weighted by molar-refractivity contribution is 0.0363. The molecule has 2 amide bonds. The zero-order valence-corrected chi connectivity index (χ0v) is 43.6. The Hall–Kier alpha value is -7.78. The highest BCUT2D eigenvalue weighted by Crippen LogP contribution is 2.36. The number of benzene rings is 2. The summed E-state index contributed by atoms with van der Waals surface area (Å²) in [6.45, 7) is 20.4. The first-order valence-corrected chi connectivity index (χ1v) is 25.2. The molecule has 2 aliphatic heterocycles. The van der Waals surface area contributed by atoms with E-state index >= 15 is 0 Å². The number of nitrogens with zero attached hydrogens (tertiary/aromatic N) is 11. The summed E-state index contributed by atoms with van der Waals surface area (Å²) in [7, 11) is 0. The molecule has 0 spiro atoms. The summed E-state index contributed by atoms with van der Waals surface area (Å²) in [6.07, 6.45) is 8.90. The van der Waals surface area contributed by atoms with Gasteiger partial charge >= 0.3 is 12.2 Å². The Bertz CT molecular complexity index is 3310. The van der Waals surface area contributed by atoms with Gasteiger partial charge in [-0.3, -0.25) is 9.80 Å². The molecule has 0 radical (unpaired) electrons. The first-order chi connectivity index (χ1) is 36.4. The number of fused-ring (bicyclic) bond motifs is 2. The fraction of sp³-hybridized carbons (Fsp3) is 0.357. The number of amides is 2. The molecule has 2 aromatic carbocycles. The number of rotatable bonds is 11. The highest BCUT2D eigenvalue weighted by molar-refractivity contribution is 6.14. The van der Waals surface area contributed by atoms with Crippen molar-refractivity contribution in [3.8, 4) is 45.0 Å². The van der Waals surface area contributed by atoms with Crippen LogP contribution in [-0.2, 0) is 32.0 Å². The zero-order valence-electron chi connectivity index (χ0n) is 43.6. The predicted molar refractivity (Wildman–Crippen MR) is 286 cm³/mol. The van der Waals surface area contributed by atoms with Crippen LogP contribution < -0.4 is 10.6 Å². The number of nitrogen functional groups attached to an aromatic ring is 1. The van der Waals surface area contributed by atoms with Crippen molar-refractivity contribution in [2.75, 3.05) is 76.3 Å². The van der Waals surface area contributed by atoms with Crippen molar-refractivity contribution in [2.24, 2.45) is 0 Å². The first-order valence-electron chi connectivity index (χ1n) is 25.2. The molecule has 8 heterocycles. The van der Waals surface area contributed by atoms with E-state index in [4.69, 9.17) is 29.7 Å². The van der Waals surface area contributed by atoms with E-state index in [9.17, 15) is 18.4 Å². The zero-order chi connectivity index (χ0) is 53.6. The van der Waals surface area contributed by atoms with Gasteiger partial charge in [0.2, 0.25) is 0 Å². The number of morpholine rings is 2. The number of hydrogen-bond acceptors (Lipinski definition) is 15. The highest BCUT2D eigenvalue weighted by Gasteiger charge is 2.36. The Morgan fingerprint density at radius 3 is 1.50 bits per heavy atom. The molecule has 0 bridgehead atoms. The molecule has 0 unspecified atom stereocenters. The lowest BCUT2D eigenvalue weighted by Gasteiger charge is -2.28. The van der Waals surface area contributed by atoms with Gasteiger partial charge in [0.1, 0.15) is 39.7 Å². The fourth-order valence-corrected chi connectivity index (χ4v) is 8.70. The molecule has 10 rings (SSSR count). The maximum absolute atomic E-state index is 14.2. The average molecular weight is 1040 g/mol. The van der Waals surface area contributed by atoms with Crippen LogP contribution >= 0.6 is 0 Å². The van der Waals surface area contributed by atoms with Crippen LogP contribution in [0.3, 0.4) is 0 Å². The number of halogens is 2. The van der Waals surface area contributed by atoms with Gasteiger partial charge in [-0.1, -0.05) is 24.3 Å². The molecule has 0 atom stereocenters. The molecular weight excluding hydrogens is 975 g/mol. The molecule has 18 nitrogen and oxygen atoms in total. The molecular formula is C56H62F2N12O6. The molecule has 0 aliphatic carbocycles. The number of anilines is 2. The number of ether oxygens (including phenoxy) is 4. The quantitative estimate of drug-likeness (QED) is 0.129. The van der Waals surface area contributed by atoms with Crippen LogP contribution in [0.5, 0.6) is 0 Å². The summed E-state index contributed by atoms with van der Waals surface area (Å²) in [6, 6.07) is 19.7. The van der Waals surface area contributed by atoms with Crippen molar-refractivity contribution in [2.45, 2.75) is 65.8 Å². The van der Waals surface area contributed by atoms with Gasteiger partial charge in [-0.05, 0) is 90.1 Å². The minimum absolute atomic E-state index is 0.0812. The molecule has 2 fully saturated rings. The van der Waals surface area contributed by atoms with Gasteiger partial charge in [-0.25, -0.2) is 48.3 Å². The Morgan fingerprint density at radius 2 is 1.04 bits per heavy atom. The summed E-state index contributed by atoms with van der Waals surface area (Å²) >= 11 is 0. The topological polar surface area (TPSA) is 194 Å². The maximum atomic E-state index is 14.2. The predicted octanol–water partition coefficient (Wildman–Crippen LogP) is 9.52. The smallest absolute Gasteiger partial charge is 0.425 e. The first kappa shape index (κ1) is 53.1. The van der Waals surface area contributed by atoms with Crippen molar-refractivity contribution in [1.29, 1.82) is 0 Å². The largest absolute Gasteiger partial charge is 0.443 e. The van der Waals surface area contributed by atoms with E-state index in [-0.39, 0.29) is 17.2 Å². The lowest BCUT2D eigenvalue weighted by Crippen LogP contribution is -2.44. The van der Waals surface area contributed by atoms with E-state index in [1.165, 1.54) is 24.3 Å². The summed E-state index contributed by atoms with van der Waals surface area (Å²) in [5, 5.41) is 1.45. The second-order valence-electron chi connectivity index (χ2n) is 20.5. The molecule has 396 valence electrons. The minimum Gasteiger partial charge on any atom is -0.443 e. The molecule has 0 saturated carbocycles. The van der Waals surface area contributed by atoms with Crippen molar-refractivity contribution in [1.82, 2.24) is 48.8 Å². The van der Waals surface area contributed by atoms with Crippen LogP contribution in [0.4, 0.5) is 30.0 Å². The minimum atomic E-state index is -0.969. The van der Waals surface area contributed by atoms with Gasteiger partial charge in [-0.2, -0.15) is 4.90 Å². The Balaban J connectivity index is 0.000000198. The second-order valence-corrected chi connectivity index (χ2v) is 20.5.